The maximum Gasteiger partial charge on any atom is 0.340 e. The highest BCUT2D eigenvalue weighted by Gasteiger charge is 2.35. The Morgan fingerprint density at radius 2 is 1.03 bits per heavy atom. The molecule has 0 bridgehead atoms. The summed E-state index contributed by atoms with van der Waals surface area (Å²) in [6.45, 7) is 1.62. The van der Waals surface area contributed by atoms with Crippen molar-refractivity contribution < 1.29 is 42.7 Å². The van der Waals surface area contributed by atoms with Crippen molar-refractivity contribution in [2.75, 3.05) is 35.5 Å². The summed E-state index contributed by atoms with van der Waals surface area (Å²) in [5.41, 5.74) is 1.63. The zero-order valence-electron chi connectivity index (χ0n) is 22.9. The van der Waals surface area contributed by atoms with Crippen LogP contribution in [0.4, 0.5) is 0 Å². The van der Waals surface area contributed by atoms with E-state index in [1.807, 2.05) is 12.1 Å². The smallest absolute Gasteiger partial charge is 0.340 e. The predicted octanol–water partition coefficient (Wildman–Crippen LogP) is 5.00. The fraction of sp³-hybridized carbons (Fsp3) is 0.333. The molecule has 4 atom stereocenters. The molecule has 0 amide bonds. The van der Waals surface area contributed by atoms with Crippen molar-refractivity contribution in [1.82, 2.24) is 0 Å². The van der Waals surface area contributed by atoms with Crippen molar-refractivity contribution >= 4 is 11.9 Å². The van der Waals surface area contributed by atoms with Gasteiger partial charge >= 0.3 is 11.9 Å². The van der Waals surface area contributed by atoms with Crippen LogP contribution in [0.5, 0.6) is 17.2 Å². The maximum absolute atomic E-state index is 13.4. The minimum absolute atomic E-state index is 0.341. The average Bonchev–Trinajstić information content (AvgIpc) is 2.97. The lowest BCUT2D eigenvalue weighted by molar-refractivity contribution is -0.180. The summed E-state index contributed by atoms with van der Waals surface area (Å²) in [5.74, 6) is -0.204. The van der Waals surface area contributed by atoms with E-state index in [1.54, 1.807) is 67.6 Å². The SMILES string of the molecule is COc1cc(OC)c([C@H](OC(=O)[C@@H](OC)c2ccccc2)[C@@H](C)OC(=O)[C@@H](OC)c2ccccc2)cc1OC. The monoisotopic (exact) mass is 538 g/mol. The lowest BCUT2D eigenvalue weighted by Gasteiger charge is -2.29. The summed E-state index contributed by atoms with van der Waals surface area (Å²) in [4.78, 5) is 26.6. The molecular formula is C30H34O9. The lowest BCUT2D eigenvalue weighted by Crippen LogP contribution is -2.31. The van der Waals surface area contributed by atoms with Gasteiger partial charge in [-0.3, -0.25) is 0 Å². The highest BCUT2D eigenvalue weighted by molar-refractivity contribution is 5.78. The number of rotatable bonds is 13. The van der Waals surface area contributed by atoms with Gasteiger partial charge < -0.3 is 33.2 Å². The molecule has 0 heterocycles. The molecule has 0 spiro atoms. The zero-order chi connectivity index (χ0) is 28.4. The van der Waals surface area contributed by atoms with Gasteiger partial charge in [0.1, 0.15) is 11.9 Å². The third kappa shape index (κ3) is 7.07. The van der Waals surface area contributed by atoms with E-state index >= 15 is 0 Å². The molecule has 3 aromatic rings. The van der Waals surface area contributed by atoms with Crippen LogP contribution in [0.2, 0.25) is 0 Å². The van der Waals surface area contributed by atoms with Gasteiger partial charge in [-0.1, -0.05) is 60.7 Å². The van der Waals surface area contributed by atoms with Gasteiger partial charge in [0.2, 0.25) is 0 Å². The number of benzene rings is 3. The van der Waals surface area contributed by atoms with Gasteiger partial charge in [-0.05, 0) is 24.1 Å². The second kappa shape index (κ2) is 14.2. The maximum atomic E-state index is 13.4. The third-order valence-corrected chi connectivity index (χ3v) is 6.12. The van der Waals surface area contributed by atoms with Crippen LogP contribution in [-0.2, 0) is 28.5 Å². The second-order valence-corrected chi connectivity index (χ2v) is 8.50. The molecular weight excluding hydrogens is 504 g/mol. The Balaban J connectivity index is 2.00. The molecule has 0 N–H and O–H groups in total. The van der Waals surface area contributed by atoms with Gasteiger partial charge in [-0.25, -0.2) is 9.59 Å². The summed E-state index contributed by atoms with van der Waals surface area (Å²) in [6, 6.07) is 21.1. The first-order valence-electron chi connectivity index (χ1n) is 12.2. The van der Waals surface area contributed by atoms with Crippen LogP contribution in [0.15, 0.2) is 72.8 Å². The fourth-order valence-corrected chi connectivity index (χ4v) is 4.17. The molecule has 0 radical (unpaired) electrons. The van der Waals surface area contributed by atoms with Crippen LogP contribution in [0.3, 0.4) is 0 Å². The Morgan fingerprint density at radius 1 is 0.590 bits per heavy atom. The van der Waals surface area contributed by atoms with Crippen LogP contribution in [0, 0.1) is 0 Å². The van der Waals surface area contributed by atoms with Crippen molar-refractivity contribution in [1.29, 1.82) is 0 Å². The number of carbonyl (C=O) groups excluding carboxylic acids is 2. The molecule has 0 aliphatic rings. The minimum Gasteiger partial charge on any atom is -0.496 e. The first-order valence-corrected chi connectivity index (χ1v) is 12.2. The summed E-state index contributed by atoms with van der Waals surface area (Å²) < 4.78 is 39.1. The molecule has 3 aromatic carbocycles. The Morgan fingerprint density at radius 3 is 1.46 bits per heavy atom. The lowest BCUT2D eigenvalue weighted by atomic mass is 10.0. The summed E-state index contributed by atoms with van der Waals surface area (Å²) >= 11 is 0. The number of methoxy groups -OCH3 is 5. The fourth-order valence-electron chi connectivity index (χ4n) is 4.17. The molecule has 39 heavy (non-hydrogen) atoms. The standard InChI is InChI=1S/C30H34O9/c1-19(38-29(31)27(36-5)20-13-9-7-10-14-20)26(22-17-24(34-3)25(35-4)18-23(22)33-2)39-30(32)28(37-6)21-15-11-8-12-16-21/h7-19,26-28H,1-6H3/t19-,26-,27+,28+/m1/s1. The Bertz CT molecular complexity index is 1210. The Hall–Kier alpha value is -4.08. The second-order valence-electron chi connectivity index (χ2n) is 8.50. The summed E-state index contributed by atoms with van der Waals surface area (Å²) in [5, 5.41) is 0. The number of hydrogen-bond acceptors (Lipinski definition) is 9. The van der Waals surface area contributed by atoms with E-state index in [2.05, 4.69) is 0 Å². The molecule has 0 aliphatic carbocycles. The largest absolute Gasteiger partial charge is 0.496 e. The number of ether oxygens (including phenoxy) is 7. The van der Waals surface area contributed by atoms with Crippen LogP contribution in [0.25, 0.3) is 0 Å². The highest BCUT2D eigenvalue weighted by Crippen LogP contribution is 2.41. The van der Waals surface area contributed by atoms with E-state index in [0.717, 1.165) is 0 Å². The van der Waals surface area contributed by atoms with E-state index in [4.69, 9.17) is 33.2 Å². The van der Waals surface area contributed by atoms with E-state index in [9.17, 15) is 9.59 Å². The van der Waals surface area contributed by atoms with Gasteiger partial charge in [0.15, 0.2) is 29.8 Å². The number of hydrogen-bond donors (Lipinski definition) is 0. The van der Waals surface area contributed by atoms with Gasteiger partial charge in [0.25, 0.3) is 0 Å². The minimum atomic E-state index is -1.11. The van der Waals surface area contributed by atoms with Gasteiger partial charge in [0.05, 0.1) is 21.3 Å². The van der Waals surface area contributed by atoms with Crippen LogP contribution in [-0.4, -0.2) is 53.6 Å². The number of carbonyl (C=O) groups is 2. The molecule has 0 fully saturated rings. The quantitative estimate of drug-likeness (QED) is 0.278. The first kappa shape index (κ1) is 29.5. The van der Waals surface area contributed by atoms with E-state index in [-0.39, 0.29) is 0 Å². The molecule has 9 heteroatoms. The molecule has 0 saturated heterocycles. The van der Waals surface area contributed by atoms with Gasteiger partial charge in [-0.2, -0.15) is 0 Å². The predicted molar refractivity (Wildman–Crippen MR) is 143 cm³/mol. The van der Waals surface area contributed by atoms with Crippen molar-refractivity contribution in [2.24, 2.45) is 0 Å². The molecule has 0 unspecified atom stereocenters. The molecule has 0 saturated carbocycles. The zero-order valence-corrected chi connectivity index (χ0v) is 22.9. The van der Waals surface area contributed by atoms with E-state index in [1.165, 1.54) is 35.5 Å². The molecule has 208 valence electrons. The van der Waals surface area contributed by atoms with E-state index in [0.29, 0.717) is 33.9 Å². The van der Waals surface area contributed by atoms with Crippen LogP contribution in [0.1, 0.15) is 41.9 Å². The average molecular weight is 539 g/mol. The normalized spacial score (nSPS) is 13.9. The summed E-state index contributed by atoms with van der Waals surface area (Å²) in [7, 11) is 7.28. The van der Waals surface area contributed by atoms with Crippen molar-refractivity contribution in [3.63, 3.8) is 0 Å². The Kier molecular flexibility index (Phi) is 10.7. The topological polar surface area (TPSA) is 98.8 Å². The molecule has 3 rings (SSSR count). The van der Waals surface area contributed by atoms with E-state index < -0.39 is 36.4 Å². The van der Waals surface area contributed by atoms with Gasteiger partial charge in [-0.15, -0.1) is 0 Å². The Labute approximate surface area is 228 Å². The van der Waals surface area contributed by atoms with Crippen molar-refractivity contribution in [3.05, 3.63) is 89.5 Å². The molecule has 0 aromatic heterocycles. The van der Waals surface area contributed by atoms with Crippen molar-refractivity contribution in [2.45, 2.75) is 31.3 Å². The highest BCUT2D eigenvalue weighted by atomic mass is 16.6. The molecule has 0 aliphatic heterocycles. The van der Waals surface area contributed by atoms with Crippen LogP contribution >= 0.6 is 0 Å². The number of esters is 2. The third-order valence-electron chi connectivity index (χ3n) is 6.12. The van der Waals surface area contributed by atoms with Crippen LogP contribution < -0.4 is 14.2 Å². The van der Waals surface area contributed by atoms with Gasteiger partial charge in [0, 0.05) is 25.8 Å². The van der Waals surface area contributed by atoms with Crippen molar-refractivity contribution in [3.8, 4) is 17.2 Å². The first-order chi connectivity index (χ1) is 18.9. The summed E-state index contributed by atoms with van der Waals surface area (Å²) in [6.07, 6.45) is -4.07. The molecule has 9 nitrogen and oxygen atoms in total.